The van der Waals surface area contributed by atoms with Crippen molar-refractivity contribution in [1.29, 1.82) is 0 Å². The molecule has 0 aromatic heterocycles. The molecule has 0 fully saturated rings. The maximum Gasteiger partial charge on any atom is 0.280 e. The fraction of sp³-hybridized carbons (Fsp3) is 0.364. The number of carbonyl (C=O) groups is 1. The van der Waals surface area contributed by atoms with Crippen molar-refractivity contribution in [3.8, 4) is 17.2 Å². The number of benzene rings is 2. The van der Waals surface area contributed by atoms with Crippen molar-refractivity contribution >= 4 is 28.1 Å². The van der Waals surface area contributed by atoms with Gasteiger partial charge in [-0.3, -0.25) is 4.79 Å². The van der Waals surface area contributed by atoms with Gasteiger partial charge in [0.1, 0.15) is 5.75 Å². The molecule has 2 aromatic rings. The lowest BCUT2D eigenvalue weighted by atomic mass is 9.87. The third kappa shape index (κ3) is 6.22. The summed E-state index contributed by atoms with van der Waals surface area (Å²) < 4.78 is 17.0. The molecule has 1 amide bonds. The number of hydrazone groups is 1. The Bertz CT molecular complexity index is 874. The Morgan fingerprint density at radius 1 is 1.14 bits per heavy atom. The summed E-state index contributed by atoms with van der Waals surface area (Å²) in [6.45, 7) is 8.12. The summed E-state index contributed by atoms with van der Waals surface area (Å²) in [5.74, 6) is 1.44. The maximum atomic E-state index is 12.3. The fourth-order valence-electron chi connectivity index (χ4n) is 2.56. The highest BCUT2D eigenvalue weighted by Crippen LogP contribution is 2.35. The zero-order valence-corrected chi connectivity index (χ0v) is 19.2. The first-order valence-electron chi connectivity index (χ1n) is 9.17. The summed E-state index contributed by atoms with van der Waals surface area (Å²) >= 11 is 3.42. The van der Waals surface area contributed by atoms with Gasteiger partial charge in [0.15, 0.2) is 17.6 Å². The third-order valence-corrected chi connectivity index (χ3v) is 4.84. The molecule has 2 rings (SSSR count). The molecule has 1 atom stereocenters. The fourth-order valence-corrected chi connectivity index (χ4v) is 3.19. The van der Waals surface area contributed by atoms with E-state index in [4.69, 9.17) is 14.2 Å². The molecule has 0 aliphatic carbocycles. The van der Waals surface area contributed by atoms with E-state index in [1.54, 1.807) is 27.2 Å². The van der Waals surface area contributed by atoms with Gasteiger partial charge in [0.05, 0.1) is 24.9 Å². The van der Waals surface area contributed by atoms with Crippen LogP contribution >= 0.6 is 15.9 Å². The van der Waals surface area contributed by atoms with Gasteiger partial charge in [0.25, 0.3) is 5.91 Å². The van der Waals surface area contributed by atoms with E-state index < -0.39 is 6.10 Å². The number of amides is 1. The Balaban J connectivity index is 1.97. The highest BCUT2D eigenvalue weighted by atomic mass is 79.9. The largest absolute Gasteiger partial charge is 0.493 e. The molecule has 7 heteroatoms. The third-order valence-electron chi connectivity index (χ3n) is 4.25. The highest BCUT2D eigenvalue weighted by Gasteiger charge is 2.16. The van der Waals surface area contributed by atoms with E-state index in [0.717, 1.165) is 10.0 Å². The molecular weight excluding hydrogens is 436 g/mol. The van der Waals surface area contributed by atoms with Crippen molar-refractivity contribution in [2.45, 2.75) is 39.2 Å². The number of hydrogen-bond donors (Lipinski definition) is 1. The summed E-state index contributed by atoms with van der Waals surface area (Å²) in [4.78, 5) is 12.3. The summed E-state index contributed by atoms with van der Waals surface area (Å²) in [5, 5.41) is 4.00. The molecule has 156 valence electrons. The second-order valence-electron chi connectivity index (χ2n) is 7.51. The van der Waals surface area contributed by atoms with Gasteiger partial charge in [-0.15, -0.1) is 0 Å². The number of hydrogen-bond acceptors (Lipinski definition) is 5. The number of methoxy groups -OCH3 is 2. The molecular formula is C22H27BrN2O4. The zero-order chi connectivity index (χ0) is 21.6. The number of nitrogens with one attached hydrogen (secondary N) is 1. The summed E-state index contributed by atoms with van der Waals surface area (Å²) in [5.41, 5.74) is 4.49. The van der Waals surface area contributed by atoms with Gasteiger partial charge in [-0.25, -0.2) is 5.43 Å². The molecule has 6 nitrogen and oxygen atoms in total. The van der Waals surface area contributed by atoms with Crippen LogP contribution in [0.15, 0.2) is 46.0 Å². The molecule has 0 aliphatic rings. The molecule has 0 radical (unpaired) electrons. The number of nitrogens with zero attached hydrogens (tertiary/aromatic N) is 1. The van der Waals surface area contributed by atoms with Crippen molar-refractivity contribution in [2.24, 2.45) is 5.10 Å². The minimum absolute atomic E-state index is 0.0648. The molecule has 29 heavy (non-hydrogen) atoms. The quantitative estimate of drug-likeness (QED) is 0.478. The van der Waals surface area contributed by atoms with E-state index in [9.17, 15) is 4.79 Å². The van der Waals surface area contributed by atoms with E-state index >= 15 is 0 Å². The van der Waals surface area contributed by atoms with Crippen LogP contribution in [0, 0.1) is 0 Å². The average Bonchev–Trinajstić information content (AvgIpc) is 2.67. The summed E-state index contributed by atoms with van der Waals surface area (Å²) in [7, 11) is 3.12. The van der Waals surface area contributed by atoms with E-state index in [1.807, 2.05) is 30.3 Å². The monoisotopic (exact) mass is 462 g/mol. The molecule has 1 N–H and O–H groups in total. The lowest BCUT2D eigenvalue weighted by Crippen LogP contribution is -2.33. The number of rotatable bonds is 7. The lowest BCUT2D eigenvalue weighted by Gasteiger charge is -2.20. The topological polar surface area (TPSA) is 69.2 Å². The first-order valence-corrected chi connectivity index (χ1v) is 9.96. The Hall–Kier alpha value is -2.54. The predicted molar refractivity (Wildman–Crippen MR) is 118 cm³/mol. The molecule has 2 aromatic carbocycles. The number of carbonyl (C=O) groups excluding carboxylic acids is 1. The van der Waals surface area contributed by atoms with Crippen molar-refractivity contribution in [3.05, 3.63) is 52.0 Å². The Kier molecular flexibility index (Phi) is 7.67. The minimum Gasteiger partial charge on any atom is -0.493 e. The molecule has 0 spiro atoms. The minimum atomic E-state index is -0.690. The highest BCUT2D eigenvalue weighted by molar-refractivity contribution is 9.10. The van der Waals surface area contributed by atoms with Crippen LogP contribution in [0.4, 0.5) is 0 Å². The van der Waals surface area contributed by atoms with Crippen molar-refractivity contribution in [3.63, 3.8) is 0 Å². The van der Waals surface area contributed by atoms with Gasteiger partial charge >= 0.3 is 0 Å². The van der Waals surface area contributed by atoms with Crippen molar-refractivity contribution in [2.75, 3.05) is 14.2 Å². The first kappa shape index (κ1) is 22.7. The summed E-state index contributed by atoms with van der Waals surface area (Å²) in [6, 6.07) is 11.3. The zero-order valence-electron chi connectivity index (χ0n) is 17.6. The van der Waals surface area contributed by atoms with Crippen LogP contribution in [-0.4, -0.2) is 32.4 Å². The SMILES string of the molecule is COc1cc(/C=N/NC(=O)C(C)Oc2ccc(C(C)(C)C)cc2)cc(Br)c1OC. The Morgan fingerprint density at radius 2 is 1.79 bits per heavy atom. The van der Waals surface area contributed by atoms with Gasteiger partial charge in [-0.2, -0.15) is 5.10 Å². The normalized spacial score (nSPS) is 12.5. The van der Waals surface area contributed by atoms with E-state index in [0.29, 0.717) is 17.2 Å². The summed E-state index contributed by atoms with van der Waals surface area (Å²) in [6.07, 6.45) is 0.833. The molecule has 1 unspecified atom stereocenters. The Morgan fingerprint density at radius 3 is 2.34 bits per heavy atom. The van der Waals surface area contributed by atoms with Crippen molar-refractivity contribution in [1.82, 2.24) is 5.43 Å². The van der Waals surface area contributed by atoms with Gasteiger partial charge in [0.2, 0.25) is 0 Å². The van der Waals surface area contributed by atoms with E-state index in [1.165, 1.54) is 11.8 Å². The van der Waals surface area contributed by atoms with Crippen LogP contribution in [-0.2, 0) is 10.2 Å². The number of halogens is 1. The first-order chi connectivity index (χ1) is 13.7. The van der Waals surface area contributed by atoms with Crippen LogP contribution in [0.3, 0.4) is 0 Å². The molecule has 0 saturated heterocycles. The second kappa shape index (κ2) is 9.78. The molecule has 0 aliphatic heterocycles. The van der Waals surface area contributed by atoms with Crippen LogP contribution in [0.1, 0.15) is 38.8 Å². The van der Waals surface area contributed by atoms with Crippen LogP contribution < -0.4 is 19.6 Å². The maximum absolute atomic E-state index is 12.3. The number of ether oxygens (including phenoxy) is 3. The average molecular weight is 463 g/mol. The van der Waals surface area contributed by atoms with Gasteiger partial charge < -0.3 is 14.2 Å². The Labute approximate surface area is 180 Å². The van der Waals surface area contributed by atoms with E-state index in [-0.39, 0.29) is 11.3 Å². The van der Waals surface area contributed by atoms with Gasteiger partial charge in [-0.05, 0) is 63.7 Å². The molecule has 0 bridgehead atoms. The molecule has 0 saturated carbocycles. The second-order valence-corrected chi connectivity index (χ2v) is 8.36. The van der Waals surface area contributed by atoms with Gasteiger partial charge in [0, 0.05) is 0 Å². The van der Waals surface area contributed by atoms with Crippen molar-refractivity contribution < 1.29 is 19.0 Å². The van der Waals surface area contributed by atoms with Crippen LogP contribution in [0.2, 0.25) is 0 Å². The molecule has 0 heterocycles. The van der Waals surface area contributed by atoms with Gasteiger partial charge in [-0.1, -0.05) is 32.9 Å². The predicted octanol–water partition coefficient (Wildman–Crippen LogP) is 4.68. The van der Waals surface area contributed by atoms with Crippen LogP contribution in [0.5, 0.6) is 17.2 Å². The lowest BCUT2D eigenvalue weighted by molar-refractivity contribution is -0.127. The van der Waals surface area contributed by atoms with Crippen LogP contribution in [0.25, 0.3) is 0 Å². The van der Waals surface area contributed by atoms with E-state index in [2.05, 4.69) is 47.2 Å². The standard InChI is InChI=1S/C22H27BrN2O4/c1-14(29-17-9-7-16(8-10-17)22(2,3)4)21(26)25-24-13-15-11-18(23)20(28-6)19(12-15)27-5/h7-14H,1-6H3,(H,25,26)/b24-13+. The smallest absolute Gasteiger partial charge is 0.280 e.